The SMILES string of the molecule is CCNc1cc([N+](=O)[O-])cc(Nc2ccccc2Cl)n1. The Hall–Kier alpha value is -2.34. The summed E-state index contributed by atoms with van der Waals surface area (Å²) in [6.45, 7) is 2.52. The first-order valence-electron chi connectivity index (χ1n) is 6.02. The second-order valence-corrected chi connectivity index (χ2v) is 4.40. The van der Waals surface area contributed by atoms with E-state index in [9.17, 15) is 10.1 Å². The molecule has 0 unspecified atom stereocenters. The number of benzene rings is 1. The maximum Gasteiger partial charge on any atom is 0.276 e. The highest BCUT2D eigenvalue weighted by Gasteiger charge is 2.11. The summed E-state index contributed by atoms with van der Waals surface area (Å²) in [5.41, 5.74) is 0.607. The van der Waals surface area contributed by atoms with Crippen molar-refractivity contribution < 1.29 is 4.92 Å². The molecule has 0 atom stereocenters. The molecule has 104 valence electrons. The van der Waals surface area contributed by atoms with Gasteiger partial charge in [-0.25, -0.2) is 4.98 Å². The van der Waals surface area contributed by atoms with E-state index in [-0.39, 0.29) is 5.69 Å². The summed E-state index contributed by atoms with van der Waals surface area (Å²) < 4.78 is 0. The largest absolute Gasteiger partial charge is 0.370 e. The van der Waals surface area contributed by atoms with Gasteiger partial charge >= 0.3 is 0 Å². The van der Waals surface area contributed by atoms with Gasteiger partial charge in [0.15, 0.2) is 0 Å². The fraction of sp³-hybridized carbons (Fsp3) is 0.154. The van der Waals surface area contributed by atoms with Crippen molar-refractivity contribution in [2.75, 3.05) is 17.2 Å². The molecule has 0 saturated carbocycles. The number of hydrogen-bond acceptors (Lipinski definition) is 5. The topological polar surface area (TPSA) is 80.1 Å². The molecule has 0 fully saturated rings. The van der Waals surface area contributed by atoms with Crippen LogP contribution < -0.4 is 10.6 Å². The van der Waals surface area contributed by atoms with Gasteiger partial charge in [-0.1, -0.05) is 23.7 Å². The van der Waals surface area contributed by atoms with Crippen molar-refractivity contribution in [2.45, 2.75) is 6.92 Å². The molecule has 2 rings (SSSR count). The summed E-state index contributed by atoms with van der Waals surface area (Å²) in [4.78, 5) is 14.7. The second kappa shape index (κ2) is 6.21. The van der Waals surface area contributed by atoms with Gasteiger partial charge < -0.3 is 10.6 Å². The predicted molar refractivity (Wildman–Crippen MR) is 79.8 cm³/mol. The third-order valence-electron chi connectivity index (χ3n) is 2.52. The van der Waals surface area contributed by atoms with Gasteiger partial charge in [0.2, 0.25) is 0 Å². The van der Waals surface area contributed by atoms with Crippen molar-refractivity contribution in [1.29, 1.82) is 0 Å². The molecule has 0 aliphatic rings. The van der Waals surface area contributed by atoms with E-state index in [1.54, 1.807) is 18.2 Å². The lowest BCUT2D eigenvalue weighted by molar-refractivity contribution is -0.384. The fourth-order valence-electron chi connectivity index (χ4n) is 1.66. The highest BCUT2D eigenvalue weighted by molar-refractivity contribution is 6.33. The molecule has 2 aromatic rings. The quantitative estimate of drug-likeness (QED) is 0.647. The average Bonchev–Trinajstić information content (AvgIpc) is 2.41. The molecule has 1 heterocycles. The molecule has 0 bridgehead atoms. The Morgan fingerprint density at radius 1 is 1.30 bits per heavy atom. The van der Waals surface area contributed by atoms with Crippen LogP contribution in [0.4, 0.5) is 23.0 Å². The average molecular weight is 293 g/mol. The lowest BCUT2D eigenvalue weighted by Gasteiger charge is -2.09. The smallest absolute Gasteiger partial charge is 0.276 e. The van der Waals surface area contributed by atoms with Crippen LogP contribution >= 0.6 is 11.6 Å². The normalized spacial score (nSPS) is 10.1. The van der Waals surface area contributed by atoms with Gasteiger partial charge in [-0.05, 0) is 19.1 Å². The van der Waals surface area contributed by atoms with Crippen LogP contribution in [-0.4, -0.2) is 16.5 Å². The van der Waals surface area contributed by atoms with E-state index in [0.717, 1.165) is 0 Å². The third-order valence-corrected chi connectivity index (χ3v) is 2.85. The number of halogens is 1. The Bertz CT molecular complexity index is 634. The predicted octanol–water partition coefficient (Wildman–Crippen LogP) is 3.82. The number of rotatable bonds is 5. The zero-order valence-corrected chi connectivity index (χ0v) is 11.5. The summed E-state index contributed by atoms with van der Waals surface area (Å²) in [5, 5.41) is 17.4. The van der Waals surface area contributed by atoms with Gasteiger partial charge in [-0.15, -0.1) is 0 Å². The van der Waals surface area contributed by atoms with E-state index < -0.39 is 4.92 Å². The number of para-hydroxylation sites is 1. The monoisotopic (exact) mass is 292 g/mol. The number of aromatic nitrogens is 1. The van der Waals surface area contributed by atoms with Crippen molar-refractivity contribution in [2.24, 2.45) is 0 Å². The van der Waals surface area contributed by atoms with Gasteiger partial charge in [0, 0.05) is 6.54 Å². The fourth-order valence-corrected chi connectivity index (χ4v) is 1.84. The summed E-state index contributed by atoms with van der Waals surface area (Å²) in [5.74, 6) is 0.805. The minimum Gasteiger partial charge on any atom is -0.370 e. The Morgan fingerprint density at radius 2 is 2.00 bits per heavy atom. The molecule has 0 aliphatic carbocycles. The molecular weight excluding hydrogens is 280 g/mol. The van der Waals surface area contributed by atoms with Gasteiger partial charge in [0.1, 0.15) is 11.6 Å². The van der Waals surface area contributed by atoms with Gasteiger partial charge in [-0.3, -0.25) is 10.1 Å². The van der Waals surface area contributed by atoms with Crippen LogP contribution in [0.2, 0.25) is 5.02 Å². The van der Waals surface area contributed by atoms with Crippen molar-refractivity contribution in [1.82, 2.24) is 4.98 Å². The number of nitro groups is 1. The number of hydrogen-bond donors (Lipinski definition) is 2. The molecule has 2 N–H and O–H groups in total. The van der Waals surface area contributed by atoms with Crippen LogP contribution in [0.25, 0.3) is 0 Å². The summed E-state index contributed by atoms with van der Waals surface area (Å²) in [7, 11) is 0. The lowest BCUT2D eigenvalue weighted by Crippen LogP contribution is -2.03. The van der Waals surface area contributed by atoms with Crippen LogP contribution in [0.5, 0.6) is 0 Å². The summed E-state index contributed by atoms with van der Waals surface area (Å²) in [6, 6.07) is 9.88. The van der Waals surface area contributed by atoms with Crippen molar-refractivity contribution in [3.05, 3.63) is 51.5 Å². The number of nitrogens with one attached hydrogen (secondary N) is 2. The molecule has 0 aliphatic heterocycles. The first-order chi connectivity index (χ1) is 9.60. The minimum absolute atomic E-state index is 0.0366. The third kappa shape index (κ3) is 3.36. The molecule has 0 amide bonds. The molecule has 0 saturated heterocycles. The van der Waals surface area contributed by atoms with Crippen LogP contribution in [0.15, 0.2) is 36.4 Å². The summed E-state index contributed by atoms with van der Waals surface area (Å²) in [6.07, 6.45) is 0. The Kier molecular flexibility index (Phi) is 4.37. The van der Waals surface area contributed by atoms with Crippen molar-refractivity contribution in [3.63, 3.8) is 0 Å². The highest BCUT2D eigenvalue weighted by atomic mass is 35.5. The van der Waals surface area contributed by atoms with E-state index in [1.165, 1.54) is 12.1 Å². The van der Waals surface area contributed by atoms with E-state index in [4.69, 9.17) is 11.6 Å². The second-order valence-electron chi connectivity index (χ2n) is 3.99. The maximum atomic E-state index is 10.9. The van der Waals surface area contributed by atoms with Crippen LogP contribution in [0, 0.1) is 10.1 Å². The van der Waals surface area contributed by atoms with E-state index >= 15 is 0 Å². The molecule has 0 radical (unpaired) electrons. The molecule has 6 nitrogen and oxygen atoms in total. The minimum atomic E-state index is -0.458. The number of nitrogens with zero attached hydrogens (tertiary/aromatic N) is 2. The molecule has 1 aromatic carbocycles. The summed E-state index contributed by atoms with van der Waals surface area (Å²) >= 11 is 6.04. The van der Waals surface area contributed by atoms with Crippen molar-refractivity contribution >= 4 is 34.6 Å². The lowest BCUT2D eigenvalue weighted by atomic mass is 10.3. The van der Waals surface area contributed by atoms with E-state index in [0.29, 0.717) is 28.9 Å². The Balaban J connectivity index is 2.35. The highest BCUT2D eigenvalue weighted by Crippen LogP contribution is 2.27. The Labute approximate surface area is 120 Å². The molecule has 20 heavy (non-hydrogen) atoms. The van der Waals surface area contributed by atoms with Crippen LogP contribution in [0.1, 0.15) is 6.92 Å². The number of pyridine rings is 1. The van der Waals surface area contributed by atoms with Crippen molar-refractivity contribution in [3.8, 4) is 0 Å². The maximum absolute atomic E-state index is 10.9. The first kappa shape index (κ1) is 14.1. The molecule has 7 heteroatoms. The van der Waals surface area contributed by atoms with E-state index in [2.05, 4.69) is 15.6 Å². The van der Waals surface area contributed by atoms with E-state index in [1.807, 2.05) is 13.0 Å². The Morgan fingerprint density at radius 3 is 2.65 bits per heavy atom. The van der Waals surface area contributed by atoms with Crippen LogP contribution in [0.3, 0.4) is 0 Å². The van der Waals surface area contributed by atoms with Gasteiger partial charge in [-0.2, -0.15) is 0 Å². The van der Waals surface area contributed by atoms with Gasteiger partial charge in [0.05, 0.1) is 27.8 Å². The zero-order chi connectivity index (χ0) is 14.5. The zero-order valence-electron chi connectivity index (χ0n) is 10.8. The standard InChI is InChI=1S/C13H13ClN4O2/c1-2-15-12-7-9(18(19)20)8-13(17-12)16-11-6-4-3-5-10(11)14/h3-8H,2H2,1H3,(H2,15,16,17). The first-order valence-corrected chi connectivity index (χ1v) is 6.40. The van der Waals surface area contributed by atoms with Crippen LogP contribution in [-0.2, 0) is 0 Å². The van der Waals surface area contributed by atoms with Gasteiger partial charge in [0.25, 0.3) is 5.69 Å². The molecule has 0 spiro atoms. The molecular formula is C13H13ClN4O2. The number of anilines is 3. The molecule has 1 aromatic heterocycles.